The van der Waals surface area contributed by atoms with E-state index in [1.54, 1.807) is 12.1 Å². The second kappa shape index (κ2) is 6.88. The predicted octanol–water partition coefficient (Wildman–Crippen LogP) is 1.57. The molecule has 0 saturated carbocycles. The molecule has 1 heterocycles. The van der Waals surface area contributed by atoms with Crippen LogP contribution in [0.4, 0.5) is 5.82 Å². The molecule has 20 heavy (non-hydrogen) atoms. The molecular weight excluding hydrogens is 258 g/mol. The highest BCUT2D eigenvalue weighted by molar-refractivity contribution is 5.97. The SMILES string of the molecule is Cc1ccc(C(N)=O)c(N(CCCC(=O)O)C(C)C)n1. The van der Waals surface area contributed by atoms with E-state index >= 15 is 0 Å². The highest BCUT2D eigenvalue weighted by atomic mass is 16.4. The van der Waals surface area contributed by atoms with Crippen LogP contribution >= 0.6 is 0 Å². The van der Waals surface area contributed by atoms with Gasteiger partial charge in [-0.1, -0.05) is 0 Å². The number of carboxylic acids is 1. The number of aryl methyl sites for hydroxylation is 1. The summed E-state index contributed by atoms with van der Waals surface area (Å²) in [5.74, 6) is -0.838. The van der Waals surface area contributed by atoms with E-state index in [-0.39, 0.29) is 12.5 Å². The molecule has 1 aromatic rings. The molecule has 3 N–H and O–H groups in total. The summed E-state index contributed by atoms with van der Waals surface area (Å²) in [4.78, 5) is 28.4. The number of aliphatic carboxylic acids is 1. The summed E-state index contributed by atoms with van der Waals surface area (Å²) in [6, 6.07) is 3.49. The van der Waals surface area contributed by atoms with Gasteiger partial charge in [-0.3, -0.25) is 9.59 Å². The number of aromatic nitrogens is 1. The second-order valence-corrected chi connectivity index (χ2v) is 4.97. The first kappa shape index (κ1) is 15.9. The van der Waals surface area contributed by atoms with E-state index in [1.807, 2.05) is 25.7 Å². The number of pyridine rings is 1. The van der Waals surface area contributed by atoms with Crippen molar-refractivity contribution in [3.63, 3.8) is 0 Å². The molecule has 110 valence electrons. The van der Waals surface area contributed by atoms with Crippen LogP contribution in [-0.2, 0) is 4.79 Å². The minimum absolute atomic E-state index is 0.0843. The largest absolute Gasteiger partial charge is 0.481 e. The average molecular weight is 279 g/mol. The number of anilines is 1. The van der Waals surface area contributed by atoms with Crippen LogP contribution < -0.4 is 10.6 Å². The van der Waals surface area contributed by atoms with Gasteiger partial charge in [-0.05, 0) is 39.3 Å². The van der Waals surface area contributed by atoms with E-state index in [9.17, 15) is 9.59 Å². The first-order valence-electron chi connectivity index (χ1n) is 6.58. The van der Waals surface area contributed by atoms with Crippen LogP contribution in [0.3, 0.4) is 0 Å². The summed E-state index contributed by atoms with van der Waals surface area (Å²) in [5.41, 5.74) is 6.53. The quantitative estimate of drug-likeness (QED) is 0.789. The van der Waals surface area contributed by atoms with Crippen LogP contribution in [0.1, 0.15) is 42.7 Å². The molecule has 0 spiro atoms. The number of primary amides is 1. The van der Waals surface area contributed by atoms with Crippen molar-refractivity contribution in [2.45, 2.75) is 39.7 Å². The van der Waals surface area contributed by atoms with E-state index in [1.165, 1.54) is 0 Å². The van der Waals surface area contributed by atoms with E-state index in [0.29, 0.717) is 24.3 Å². The zero-order chi connectivity index (χ0) is 15.3. The number of rotatable bonds is 7. The van der Waals surface area contributed by atoms with Crippen molar-refractivity contribution in [1.82, 2.24) is 4.98 Å². The number of hydrogen-bond donors (Lipinski definition) is 2. The molecule has 6 nitrogen and oxygen atoms in total. The van der Waals surface area contributed by atoms with Crippen LogP contribution in [0.15, 0.2) is 12.1 Å². The lowest BCUT2D eigenvalue weighted by Crippen LogP contribution is -2.35. The molecule has 1 amide bonds. The van der Waals surface area contributed by atoms with Gasteiger partial charge >= 0.3 is 5.97 Å². The molecule has 0 atom stereocenters. The standard InChI is InChI=1S/C14H21N3O3/c1-9(2)17(8-4-5-12(18)19)14-11(13(15)20)7-6-10(3)16-14/h6-7,9H,4-5,8H2,1-3H3,(H2,15,20)(H,18,19). The van der Waals surface area contributed by atoms with Gasteiger partial charge in [0.25, 0.3) is 5.91 Å². The molecular formula is C14H21N3O3. The summed E-state index contributed by atoms with van der Waals surface area (Å²) >= 11 is 0. The Labute approximate surface area is 118 Å². The second-order valence-electron chi connectivity index (χ2n) is 4.97. The van der Waals surface area contributed by atoms with Gasteiger partial charge in [0.15, 0.2) is 0 Å². The maximum absolute atomic E-state index is 11.5. The van der Waals surface area contributed by atoms with Gasteiger partial charge in [-0.15, -0.1) is 0 Å². The van der Waals surface area contributed by atoms with Gasteiger partial charge in [0, 0.05) is 24.7 Å². The lowest BCUT2D eigenvalue weighted by Gasteiger charge is -2.29. The van der Waals surface area contributed by atoms with Gasteiger partial charge in [0.05, 0.1) is 5.56 Å². The smallest absolute Gasteiger partial charge is 0.303 e. The van der Waals surface area contributed by atoms with Crippen molar-refractivity contribution >= 4 is 17.7 Å². The third kappa shape index (κ3) is 4.22. The number of carbonyl (C=O) groups excluding carboxylic acids is 1. The summed E-state index contributed by atoms with van der Waals surface area (Å²) in [5, 5.41) is 8.71. The Morgan fingerprint density at radius 2 is 2.05 bits per heavy atom. The van der Waals surface area contributed by atoms with Gasteiger partial charge in [-0.25, -0.2) is 4.98 Å². The van der Waals surface area contributed by atoms with Crippen molar-refractivity contribution in [3.05, 3.63) is 23.4 Å². The fraction of sp³-hybridized carbons (Fsp3) is 0.500. The number of nitrogens with zero attached hydrogens (tertiary/aromatic N) is 2. The fourth-order valence-corrected chi connectivity index (χ4v) is 1.96. The van der Waals surface area contributed by atoms with E-state index in [0.717, 1.165) is 5.69 Å². The average Bonchev–Trinajstić information content (AvgIpc) is 2.33. The minimum Gasteiger partial charge on any atom is -0.481 e. The first-order chi connectivity index (χ1) is 9.32. The normalized spacial score (nSPS) is 10.6. The molecule has 0 fully saturated rings. The molecule has 0 bridgehead atoms. The first-order valence-corrected chi connectivity index (χ1v) is 6.58. The summed E-state index contributed by atoms with van der Waals surface area (Å²) in [6.45, 7) is 6.29. The molecule has 0 aliphatic rings. The topological polar surface area (TPSA) is 96.5 Å². The summed E-state index contributed by atoms with van der Waals surface area (Å²) in [6.07, 6.45) is 0.572. The van der Waals surface area contributed by atoms with Crippen molar-refractivity contribution in [3.8, 4) is 0 Å². The number of carbonyl (C=O) groups is 2. The van der Waals surface area contributed by atoms with E-state index in [2.05, 4.69) is 4.98 Å². The Hall–Kier alpha value is -2.11. The molecule has 6 heteroatoms. The molecule has 0 radical (unpaired) electrons. The Bertz CT molecular complexity index is 500. The third-order valence-corrected chi connectivity index (χ3v) is 2.96. The van der Waals surface area contributed by atoms with Crippen LogP contribution in [0.5, 0.6) is 0 Å². The number of hydrogen-bond acceptors (Lipinski definition) is 4. The highest BCUT2D eigenvalue weighted by Gasteiger charge is 2.19. The van der Waals surface area contributed by atoms with Gasteiger partial charge in [0.2, 0.25) is 0 Å². The number of carboxylic acid groups (broad SMARTS) is 1. The van der Waals surface area contributed by atoms with Crippen LogP contribution in [0.25, 0.3) is 0 Å². The molecule has 0 aromatic carbocycles. The van der Waals surface area contributed by atoms with Crippen molar-refractivity contribution < 1.29 is 14.7 Å². The summed E-state index contributed by atoms with van der Waals surface area (Å²) in [7, 11) is 0. The van der Waals surface area contributed by atoms with E-state index in [4.69, 9.17) is 10.8 Å². The maximum Gasteiger partial charge on any atom is 0.303 e. The molecule has 0 aliphatic heterocycles. The van der Waals surface area contributed by atoms with Crippen LogP contribution in [0, 0.1) is 6.92 Å². The lowest BCUT2D eigenvalue weighted by atomic mass is 10.1. The van der Waals surface area contributed by atoms with Gasteiger partial charge < -0.3 is 15.7 Å². The summed E-state index contributed by atoms with van der Waals surface area (Å²) < 4.78 is 0. The van der Waals surface area contributed by atoms with Crippen molar-refractivity contribution in [1.29, 1.82) is 0 Å². The molecule has 1 rings (SSSR count). The maximum atomic E-state index is 11.5. The highest BCUT2D eigenvalue weighted by Crippen LogP contribution is 2.21. The van der Waals surface area contributed by atoms with Crippen molar-refractivity contribution in [2.24, 2.45) is 5.73 Å². The Kier molecular flexibility index (Phi) is 5.49. The zero-order valence-electron chi connectivity index (χ0n) is 12.1. The minimum atomic E-state index is -0.832. The lowest BCUT2D eigenvalue weighted by molar-refractivity contribution is -0.137. The monoisotopic (exact) mass is 279 g/mol. The third-order valence-electron chi connectivity index (χ3n) is 2.96. The van der Waals surface area contributed by atoms with Crippen LogP contribution in [-0.4, -0.2) is 34.6 Å². The molecule has 0 unspecified atom stereocenters. The van der Waals surface area contributed by atoms with Crippen LogP contribution in [0.2, 0.25) is 0 Å². The Balaban J connectivity index is 3.04. The number of nitrogens with two attached hydrogens (primary N) is 1. The molecule has 1 aromatic heterocycles. The predicted molar refractivity (Wildman–Crippen MR) is 76.8 cm³/mol. The Morgan fingerprint density at radius 3 is 2.55 bits per heavy atom. The van der Waals surface area contributed by atoms with Gasteiger partial charge in [0.1, 0.15) is 5.82 Å². The number of amides is 1. The Morgan fingerprint density at radius 1 is 1.40 bits per heavy atom. The fourth-order valence-electron chi connectivity index (χ4n) is 1.96. The van der Waals surface area contributed by atoms with E-state index < -0.39 is 11.9 Å². The van der Waals surface area contributed by atoms with Crippen molar-refractivity contribution in [2.75, 3.05) is 11.4 Å². The molecule has 0 aliphatic carbocycles. The van der Waals surface area contributed by atoms with Gasteiger partial charge in [-0.2, -0.15) is 0 Å². The zero-order valence-corrected chi connectivity index (χ0v) is 12.1. The molecule has 0 saturated heterocycles.